The van der Waals surface area contributed by atoms with Gasteiger partial charge in [-0.05, 0) is 44.0 Å². The lowest BCUT2D eigenvalue weighted by atomic mass is 10.2. The maximum atomic E-state index is 12.2. The Morgan fingerprint density at radius 3 is 2.15 bits per heavy atom. The van der Waals surface area contributed by atoms with E-state index in [9.17, 15) is 13.2 Å². The molecule has 6 heteroatoms. The van der Waals surface area contributed by atoms with Gasteiger partial charge in [0.05, 0.1) is 14.5 Å². The number of alkyl halides is 3. The summed E-state index contributed by atoms with van der Waals surface area (Å²) in [4.78, 5) is 0. The number of hydrogen-bond acceptors (Lipinski definition) is 1. The van der Waals surface area contributed by atoms with Crippen molar-refractivity contribution in [2.45, 2.75) is 6.18 Å². The Hall–Kier alpha value is -0.230. The van der Waals surface area contributed by atoms with Gasteiger partial charge < -0.3 is 5.11 Å². The topological polar surface area (TPSA) is 20.2 Å². The molecule has 1 nitrogen and oxygen atoms in total. The van der Waals surface area contributed by atoms with Gasteiger partial charge in [0.2, 0.25) is 0 Å². The largest absolute Gasteiger partial charge is 0.506 e. The summed E-state index contributed by atoms with van der Waals surface area (Å²) < 4.78 is 36.5. The van der Waals surface area contributed by atoms with Crippen LogP contribution >= 0.6 is 31.9 Å². The zero-order chi connectivity index (χ0) is 10.2. The summed E-state index contributed by atoms with van der Waals surface area (Å²) >= 11 is 5.57. The van der Waals surface area contributed by atoms with Gasteiger partial charge in [0.25, 0.3) is 0 Å². The van der Waals surface area contributed by atoms with E-state index in [0.717, 1.165) is 12.1 Å². The predicted octanol–water partition coefficient (Wildman–Crippen LogP) is 3.94. The second kappa shape index (κ2) is 3.49. The molecular weight excluding hydrogens is 317 g/mol. The summed E-state index contributed by atoms with van der Waals surface area (Å²) in [6.07, 6.45) is -4.46. The van der Waals surface area contributed by atoms with Crippen LogP contribution in [0.25, 0.3) is 0 Å². The van der Waals surface area contributed by atoms with E-state index in [1.807, 2.05) is 0 Å². The minimum Gasteiger partial charge on any atom is -0.506 e. The van der Waals surface area contributed by atoms with Crippen LogP contribution in [0.4, 0.5) is 13.2 Å². The van der Waals surface area contributed by atoms with Crippen LogP contribution in [0.2, 0.25) is 0 Å². The zero-order valence-electron chi connectivity index (χ0n) is 5.99. The molecule has 13 heavy (non-hydrogen) atoms. The lowest BCUT2D eigenvalue weighted by molar-refractivity contribution is -0.138. The fourth-order valence-corrected chi connectivity index (χ4v) is 1.93. The molecule has 0 saturated heterocycles. The van der Waals surface area contributed by atoms with Gasteiger partial charge >= 0.3 is 6.18 Å². The normalized spacial score (nSPS) is 11.8. The van der Waals surface area contributed by atoms with E-state index in [4.69, 9.17) is 5.11 Å². The Morgan fingerprint density at radius 1 is 1.15 bits per heavy atom. The van der Waals surface area contributed by atoms with E-state index in [2.05, 4.69) is 31.9 Å². The quantitative estimate of drug-likeness (QED) is 0.768. The van der Waals surface area contributed by atoms with Crippen molar-refractivity contribution in [2.24, 2.45) is 0 Å². The smallest absolute Gasteiger partial charge is 0.417 e. The highest BCUT2D eigenvalue weighted by Gasteiger charge is 2.34. The zero-order valence-corrected chi connectivity index (χ0v) is 9.16. The summed E-state index contributed by atoms with van der Waals surface area (Å²) in [6, 6.07) is 2.02. The van der Waals surface area contributed by atoms with E-state index < -0.39 is 17.5 Å². The van der Waals surface area contributed by atoms with Gasteiger partial charge in [0.15, 0.2) is 0 Å². The Labute approximate surface area is 88.8 Å². The maximum Gasteiger partial charge on any atom is 0.417 e. The molecule has 0 bridgehead atoms. The average molecular weight is 320 g/mol. The second-order valence-electron chi connectivity index (χ2n) is 2.26. The van der Waals surface area contributed by atoms with Crippen molar-refractivity contribution in [1.82, 2.24) is 0 Å². The minimum absolute atomic E-state index is 0.215. The highest BCUT2D eigenvalue weighted by molar-refractivity contribution is 9.11. The molecule has 72 valence electrons. The number of hydrogen-bond donors (Lipinski definition) is 1. The molecule has 0 saturated carbocycles. The molecule has 0 aliphatic heterocycles. The molecule has 0 fully saturated rings. The van der Waals surface area contributed by atoms with Crippen LogP contribution in [-0.4, -0.2) is 5.11 Å². The highest BCUT2D eigenvalue weighted by Crippen LogP contribution is 2.42. The van der Waals surface area contributed by atoms with Gasteiger partial charge in [0.1, 0.15) is 5.75 Å². The highest BCUT2D eigenvalue weighted by atomic mass is 79.9. The van der Waals surface area contributed by atoms with Crippen molar-refractivity contribution in [3.63, 3.8) is 0 Å². The molecule has 0 aliphatic rings. The van der Waals surface area contributed by atoms with Gasteiger partial charge in [-0.15, -0.1) is 0 Å². The van der Waals surface area contributed by atoms with Crippen LogP contribution < -0.4 is 0 Å². The number of rotatable bonds is 0. The molecule has 0 amide bonds. The van der Waals surface area contributed by atoms with Gasteiger partial charge in [-0.2, -0.15) is 13.2 Å². The Morgan fingerprint density at radius 2 is 1.69 bits per heavy atom. The molecule has 1 aromatic carbocycles. The van der Waals surface area contributed by atoms with Crippen molar-refractivity contribution in [3.8, 4) is 5.75 Å². The lowest BCUT2D eigenvalue weighted by Gasteiger charge is -2.10. The molecular formula is C7H3Br2F3O. The molecule has 0 radical (unpaired) electrons. The molecule has 0 atom stereocenters. The monoisotopic (exact) mass is 318 g/mol. The van der Waals surface area contributed by atoms with E-state index in [1.165, 1.54) is 0 Å². The first-order chi connectivity index (χ1) is 5.84. The molecule has 0 unspecified atom stereocenters. The average Bonchev–Trinajstić information content (AvgIpc) is 1.98. The van der Waals surface area contributed by atoms with E-state index in [0.29, 0.717) is 0 Å². The number of benzene rings is 1. The van der Waals surface area contributed by atoms with Crippen molar-refractivity contribution in [2.75, 3.05) is 0 Å². The molecule has 1 N–H and O–H groups in total. The van der Waals surface area contributed by atoms with Crippen LogP contribution in [-0.2, 0) is 6.18 Å². The van der Waals surface area contributed by atoms with E-state index in [1.54, 1.807) is 0 Å². The van der Waals surface area contributed by atoms with Crippen molar-refractivity contribution < 1.29 is 18.3 Å². The lowest BCUT2D eigenvalue weighted by Crippen LogP contribution is -2.05. The standard InChI is InChI=1S/C7H3Br2F3O/c8-4-2-1-3(7(10,11)12)5(9)6(4)13/h1-2,13H. The van der Waals surface area contributed by atoms with Crippen LogP contribution in [0, 0.1) is 0 Å². The van der Waals surface area contributed by atoms with Gasteiger partial charge in [-0.1, -0.05) is 0 Å². The Kier molecular flexibility index (Phi) is 2.91. The summed E-state index contributed by atoms with van der Waals surface area (Å²) in [5.74, 6) is -0.449. The number of phenols is 1. The molecule has 0 aliphatic carbocycles. The van der Waals surface area contributed by atoms with Gasteiger partial charge in [0, 0.05) is 0 Å². The van der Waals surface area contributed by atoms with Crippen molar-refractivity contribution >= 4 is 31.9 Å². The number of aromatic hydroxyl groups is 1. The van der Waals surface area contributed by atoms with Crippen molar-refractivity contribution in [3.05, 3.63) is 26.6 Å². The van der Waals surface area contributed by atoms with Crippen molar-refractivity contribution in [1.29, 1.82) is 0 Å². The third kappa shape index (κ3) is 2.17. The fourth-order valence-electron chi connectivity index (χ4n) is 0.760. The second-order valence-corrected chi connectivity index (χ2v) is 3.90. The van der Waals surface area contributed by atoms with Gasteiger partial charge in [-0.3, -0.25) is 0 Å². The van der Waals surface area contributed by atoms with Gasteiger partial charge in [-0.25, -0.2) is 0 Å². The molecule has 0 spiro atoms. The third-order valence-electron chi connectivity index (χ3n) is 1.37. The summed E-state index contributed by atoms with van der Waals surface area (Å²) in [5, 5.41) is 9.16. The first-order valence-corrected chi connectivity index (χ1v) is 4.67. The molecule has 0 heterocycles. The summed E-state index contributed by atoms with van der Waals surface area (Å²) in [7, 11) is 0. The van der Waals surface area contributed by atoms with E-state index in [-0.39, 0.29) is 8.95 Å². The van der Waals surface area contributed by atoms with Crippen LogP contribution in [0.3, 0.4) is 0 Å². The first kappa shape index (κ1) is 10.8. The fraction of sp³-hybridized carbons (Fsp3) is 0.143. The SMILES string of the molecule is Oc1c(Br)ccc(C(F)(F)F)c1Br. The number of phenolic OH excluding ortho intramolecular Hbond substituents is 1. The van der Waals surface area contributed by atoms with Crippen LogP contribution in [0.1, 0.15) is 5.56 Å². The Bertz CT molecular complexity index is 335. The third-order valence-corrected chi connectivity index (χ3v) is 2.81. The van der Waals surface area contributed by atoms with E-state index >= 15 is 0 Å². The first-order valence-electron chi connectivity index (χ1n) is 3.08. The number of halogens is 5. The van der Waals surface area contributed by atoms with Crippen LogP contribution in [0.15, 0.2) is 21.1 Å². The minimum atomic E-state index is -4.46. The predicted molar refractivity (Wildman–Crippen MR) is 48.5 cm³/mol. The molecule has 0 aromatic heterocycles. The summed E-state index contributed by atoms with van der Waals surface area (Å²) in [6.45, 7) is 0. The van der Waals surface area contributed by atoms with Crippen LogP contribution in [0.5, 0.6) is 5.75 Å². The Balaban J connectivity index is 3.35. The summed E-state index contributed by atoms with van der Waals surface area (Å²) in [5.41, 5.74) is -0.895. The molecule has 1 rings (SSSR count). The maximum absolute atomic E-state index is 12.2. The molecule has 1 aromatic rings.